The Morgan fingerprint density at radius 3 is 2.33 bits per heavy atom. The van der Waals surface area contributed by atoms with Crippen molar-refractivity contribution >= 4 is 10.8 Å². The number of aliphatic hydroxyl groups is 1. The van der Waals surface area contributed by atoms with Crippen molar-refractivity contribution in [2.45, 2.75) is 51.4 Å². The molecule has 2 rings (SSSR count). The lowest BCUT2D eigenvalue weighted by Crippen LogP contribution is -2.02. The summed E-state index contributed by atoms with van der Waals surface area (Å²) in [5.74, 6) is 0.791. The van der Waals surface area contributed by atoms with Gasteiger partial charge in [-0.1, -0.05) is 50.3 Å². The summed E-state index contributed by atoms with van der Waals surface area (Å²) >= 11 is 0. The zero-order valence-electron chi connectivity index (χ0n) is 12.5. The maximum Gasteiger partial charge on any atom is 0.343 e. The highest BCUT2D eigenvalue weighted by Gasteiger charge is 2.03. The zero-order chi connectivity index (χ0) is 14.9. The highest BCUT2D eigenvalue weighted by Crippen LogP contribution is 2.14. The van der Waals surface area contributed by atoms with Gasteiger partial charge in [0.15, 0.2) is 0 Å². The smallest absolute Gasteiger partial charge is 0.343 e. The normalized spacial score (nSPS) is 11.1. The lowest BCUT2D eigenvalue weighted by atomic mass is 10.1. The lowest BCUT2D eigenvalue weighted by Gasteiger charge is -2.03. The van der Waals surface area contributed by atoms with Crippen LogP contribution in [0.4, 0.5) is 0 Å². The number of hydrogen-bond acceptors (Lipinski definition) is 3. The van der Waals surface area contributed by atoms with Crippen molar-refractivity contribution in [3.8, 4) is 0 Å². The van der Waals surface area contributed by atoms with Crippen LogP contribution in [0.5, 0.6) is 0 Å². The molecule has 0 fully saturated rings. The summed E-state index contributed by atoms with van der Waals surface area (Å²) in [7, 11) is 0. The molecule has 2 aromatic rings. The Hall–Kier alpha value is -1.61. The van der Waals surface area contributed by atoms with Crippen molar-refractivity contribution in [1.82, 2.24) is 0 Å². The molecule has 0 aliphatic rings. The maximum absolute atomic E-state index is 11.8. The third kappa shape index (κ3) is 5.01. The van der Waals surface area contributed by atoms with Gasteiger partial charge in [-0.05, 0) is 30.4 Å². The van der Waals surface area contributed by atoms with E-state index in [1.54, 1.807) is 6.07 Å². The lowest BCUT2D eigenvalue weighted by molar-refractivity contribution is 0.282. The van der Waals surface area contributed by atoms with Crippen molar-refractivity contribution in [3.05, 3.63) is 46.5 Å². The van der Waals surface area contributed by atoms with Crippen LogP contribution in [-0.4, -0.2) is 11.7 Å². The molecule has 1 heterocycles. The molecule has 1 aromatic carbocycles. The fourth-order valence-electron chi connectivity index (χ4n) is 2.60. The zero-order valence-corrected chi connectivity index (χ0v) is 12.5. The fourth-order valence-corrected chi connectivity index (χ4v) is 2.60. The molecule has 0 bridgehead atoms. The summed E-state index contributed by atoms with van der Waals surface area (Å²) in [6.45, 7) is 0.307. The van der Waals surface area contributed by atoms with Crippen molar-refractivity contribution in [2.75, 3.05) is 6.61 Å². The van der Waals surface area contributed by atoms with E-state index in [0.717, 1.165) is 43.3 Å². The second-order valence-electron chi connectivity index (χ2n) is 5.54. The quantitative estimate of drug-likeness (QED) is 0.708. The SMILES string of the molecule is O=c1oc(CCCCCCCCCO)cc2ccccc12. The van der Waals surface area contributed by atoms with Crippen molar-refractivity contribution in [2.24, 2.45) is 0 Å². The number of unbranched alkanes of at least 4 members (excludes halogenated alkanes) is 6. The summed E-state index contributed by atoms with van der Waals surface area (Å²) in [5.41, 5.74) is -0.230. The van der Waals surface area contributed by atoms with Gasteiger partial charge in [0.1, 0.15) is 5.76 Å². The van der Waals surface area contributed by atoms with Crippen LogP contribution in [0.3, 0.4) is 0 Å². The monoisotopic (exact) mass is 288 g/mol. The molecule has 0 spiro atoms. The number of rotatable bonds is 9. The minimum absolute atomic E-state index is 0.230. The summed E-state index contributed by atoms with van der Waals surface area (Å²) < 4.78 is 5.37. The molecule has 3 heteroatoms. The molecule has 0 saturated heterocycles. The Morgan fingerprint density at radius 2 is 1.57 bits per heavy atom. The van der Waals surface area contributed by atoms with Crippen LogP contribution in [0.1, 0.15) is 50.7 Å². The Kier molecular flexibility index (Phi) is 6.48. The molecule has 0 saturated carbocycles. The van der Waals surface area contributed by atoms with Gasteiger partial charge in [-0.3, -0.25) is 0 Å². The highest BCUT2D eigenvalue weighted by molar-refractivity contribution is 5.81. The largest absolute Gasteiger partial charge is 0.427 e. The Balaban J connectivity index is 1.75. The van der Waals surface area contributed by atoms with Gasteiger partial charge in [0.25, 0.3) is 0 Å². The van der Waals surface area contributed by atoms with Crippen LogP contribution < -0.4 is 5.63 Å². The maximum atomic E-state index is 11.8. The second kappa shape index (κ2) is 8.63. The Morgan fingerprint density at radius 1 is 0.905 bits per heavy atom. The van der Waals surface area contributed by atoms with Crippen molar-refractivity contribution in [3.63, 3.8) is 0 Å². The number of hydrogen-bond donors (Lipinski definition) is 1. The van der Waals surface area contributed by atoms with Gasteiger partial charge in [0.05, 0.1) is 5.39 Å². The summed E-state index contributed by atoms with van der Waals surface area (Å²) in [4.78, 5) is 11.8. The van der Waals surface area contributed by atoms with Crippen molar-refractivity contribution in [1.29, 1.82) is 0 Å². The molecule has 0 aliphatic heterocycles. The molecule has 0 amide bonds. The van der Waals surface area contributed by atoms with E-state index in [1.807, 2.05) is 24.3 Å². The average molecular weight is 288 g/mol. The molecular formula is C18H24O3. The van der Waals surface area contributed by atoms with Gasteiger partial charge in [-0.2, -0.15) is 0 Å². The molecule has 3 nitrogen and oxygen atoms in total. The first kappa shape index (κ1) is 15.8. The topological polar surface area (TPSA) is 50.4 Å². The van der Waals surface area contributed by atoms with Gasteiger partial charge < -0.3 is 9.52 Å². The first-order chi connectivity index (χ1) is 10.3. The first-order valence-corrected chi connectivity index (χ1v) is 7.94. The van der Waals surface area contributed by atoms with Gasteiger partial charge in [-0.15, -0.1) is 0 Å². The van der Waals surface area contributed by atoms with Crippen LogP contribution in [0.2, 0.25) is 0 Å². The third-order valence-corrected chi connectivity index (χ3v) is 3.80. The molecule has 114 valence electrons. The van der Waals surface area contributed by atoms with Crippen LogP contribution in [-0.2, 0) is 6.42 Å². The van der Waals surface area contributed by atoms with E-state index < -0.39 is 0 Å². The number of fused-ring (bicyclic) bond motifs is 1. The highest BCUT2D eigenvalue weighted by atomic mass is 16.4. The van der Waals surface area contributed by atoms with Gasteiger partial charge in [0, 0.05) is 13.0 Å². The minimum atomic E-state index is -0.230. The Labute approximate surface area is 125 Å². The van der Waals surface area contributed by atoms with Gasteiger partial charge in [-0.25, -0.2) is 4.79 Å². The number of aryl methyl sites for hydroxylation is 1. The standard InChI is InChI=1S/C18H24O3/c19-13-9-5-3-1-2-4-6-11-16-14-15-10-7-8-12-17(15)18(20)21-16/h7-8,10,12,14,19H,1-6,9,11,13H2. The average Bonchev–Trinajstić information content (AvgIpc) is 2.50. The molecule has 0 aliphatic carbocycles. The molecule has 0 radical (unpaired) electrons. The minimum Gasteiger partial charge on any atom is -0.427 e. The van der Waals surface area contributed by atoms with Crippen LogP contribution in [0.25, 0.3) is 10.8 Å². The first-order valence-electron chi connectivity index (χ1n) is 7.94. The summed E-state index contributed by atoms with van der Waals surface area (Å²) in [6.07, 6.45) is 8.72. The van der Waals surface area contributed by atoms with E-state index >= 15 is 0 Å². The second-order valence-corrected chi connectivity index (χ2v) is 5.54. The fraction of sp³-hybridized carbons (Fsp3) is 0.500. The van der Waals surface area contributed by atoms with Crippen LogP contribution >= 0.6 is 0 Å². The molecule has 0 atom stereocenters. The van der Waals surface area contributed by atoms with E-state index in [2.05, 4.69) is 0 Å². The number of aliphatic hydroxyl groups excluding tert-OH is 1. The third-order valence-electron chi connectivity index (χ3n) is 3.80. The summed E-state index contributed by atoms with van der Waals surface area (Å²) in [5, 5.41) is 10.3. The van der Waals surface area contributed by atoms with E-state index in [4.69, 9.17) is 9.52 Å². The molecular weight excluding hydrogens is 264 g/mol. The van der Waals surface area contributed by atoms with Crippen molar-refractivity contribution < 1.29 is 9.52 Å². The van der Waals surface area contributed by atoms with E-state index in [9.17, 15) is 4.79 Å². The number of benzene rings is 1. The molecule has 0 unspecified atom stereocenters. The predicted molar refractivity (Wildman–Crippen MR) is 85.6 cm³/mol. The molecule has 1 aromatic heterocycles. The van der Waals surface area contributed by atoms with Gasteiger partial charge in [0.2, 0.25) is 0 Å². The molecule has 21 heavy (non-hydrogen) atoms. The van der Waals surface area contributed by atoms with E-state index in [-0.39, 0.29) is 5.63 Å². The van der Waals surface area contributed by atoms with E-state index in [0.29, 0.717) is 12.0 Å². The predicted octanol–water partition coefficient (Wildman–Crippen LogP) is 4.06. The Bertz CT molecular complexity index is 601. The van der Waals surface area contributed by atoms with E-state index in [1.165, 1.54) is 19.3 Å². The molecule has 1 N–H and O–H groups in total. The van der Waals surface area contributed by atoms with Gasteiger partial charge >= 0.3 is 5.63 Å². The van der Waals surface area contributed by atoms with Crippen LogP contribution in [0.15, 0.2) is 39.5 Å². The summed E-state index contributed by atoms with van der Waals surface area (Å²) in [6, 6.07) is 9.54. The van der Waals surface area contributed by atoms with Crippen LogP contribution in [0, 0.1) is 0 Å².